The summed E-state index contributed by atoms with van der Waals surface area (Å²) >= 11 is 0. The van der Waals surface area contributed by atoms with Crippen LogP contribution in [0.15, 0.2) is 61.2 Å². The van der Waals surface area contributed by atoms with Crippen molar-refractivity contribution in [3.63, 3.8) is 0 Å². The lowest BCUT2D eigenvalue weighted by Gasteiger charge is -2.34. The Morgan fingerprint density at radius 2 is 2.09 bits per heavy atom. The number of fused-ring (bicyclic) bond motifs is 1. The van der Waals surface area contributed by atoms with Gasteiger partial charge >= 0.3 is 6.03 Å². The minimum Gasteiger partial charge on any atom is -0.480 e. The summed E-state index contributed by atoms with van der Waals surface area (Å²) in [5.41, 5.74) is 3.29. The second-order valence-electron chi connectivity index (χ2n) is 7.99. The number of pyridine rings is 1. The molecule has 0 saturated carbocycles. The Hall–Kier alpha value is -4.14. The molecule has 1 unspecified atom stereocenters. The maximum absolute atomic E-state index is 12.5. The quantitative estimate of drug-likeness (QED) is 0.422. The molecule has 1 aromatic carbocycles. The van der Waals surface area contributed by atoms with Crippen LogP contribution in [0, 0.1) is 0 Å². The Morgan fingerprint density at radius 3 is 3.00 bits per heavy atom. The van der Waals surface area contributed by atoms with Crippen molar-refractivity contribution >= 4 is 34.3 Å². The molecule has 33 heavy (non-hydrogen) atoms. The summed E-state index contributed by atoms with van der Waals surface area (Å²) in [7, 11) is 1.52. The summed E-state index contributed by atoms with van der Waals surface area (Å²) in [6, 6.07) is 13.2. The number of nitrogens with one attached hydrogen (secondary N) is 3. The number of piperidine rings is 1. The fourth-order valence-corrected chi connectivity index (χ4v) is 4.36. The van der Waals surface area contributed by atoms with Crippen LogP contribution < -0.4 is 20.3 Å². The SMILES string of the molecule is COc1ncccc1NC(=O)Nc1cccc(C2CCCN(c3ncnc4[nH]ccc34)C2)c1. The zero-order valence-electron chi connectivity index (χ0n) is 18.3. The molecule has 0 radical (unpaired) electrons. The first kappa shape index (κ1) is 20.7. The number of ether oxygens (including phenoxy) is 1. The molecule has 3 aromatic heterocycles. The number of benzene rings is 1. The molecule has 4 heterocycles. The van der Waals surface area contributed by atoms with Crippen molar-refractivity contribution in [3.8, 4) is 5.88 Å². The molecule has 0 spiro atoms. The second-order valence-corrected chi connectivity index (χ2v) is 7.99. The Bertz CT molecular complexity index is 1270. The largest absolute Gasteiger partial charge is 0.480 e. The summed E-state index contributed by atoms with van der Waals surface area (Å²) < 4.78 is 5.19. The van der Waals surface area contributed by atoms with Crippen molar-refractivity contribution in [3.05, 3.63) is 66.7 Å². The fourth-order valence-electron chi connectivity index (χ4n) is 4.36. The van der Waals surface area contributed by atoms with Crippen LogP contribution in [0.5, 0.6) is 5.88 Å². The normalized spacial score (nSPS) is 15.9. The van der Waals surface area contributed by atoms with Gasteiger partial charge in [0, 0.05) is 37.1 Å². The number of nitrogens with zero attached hydrogens (tertiary/aromatic N) is 4. The van der Waals surface area contributed by atoms with E-state index in [2.05, 4.69) is 41.5 Å². The summed E-state index contributed by atoms with van der Waals surface area (Å²) in [6.45, 7) is 1.82. The standard InChI is InChI=1S/C24H25N7O2/c1-33-23-20(8-3-10-26-23)30-24(32)29-18-7-2-5-16(13-18)17-6-4-12-31(14-17)22-19-9-11-25-21(19)27-15-28-22/h2-3,5,7-11,13,15,17H,4,6,12,14H2,1H3,(H,25,27,28)(H2,29,30,32). The zero-order chi connectivity index (χ0) is 22.6. The van der Waals surface area contributed by atoms with E-state index in [4.69, 9.17) is 4.74 Å². The molecule has 4 aromatic rings. The number of methoxy groups -OCH3 is 1. The van der Waals surface area contributed by atoms with Gasteiger partial charge < -0.3 is 25.3 Å². The Labute approximate surface area is 191 Å². The predicted molar refractivity (Wildman–Crippen MR) is 128 cm³/mol. The number of carbonyl (C=O) groups is 1. The van der Waals surface area contributed by atoms with E-state index in [1.54, 1.807) is 24.7 Å². The molecule has 0 aliphatic carbocycles. The van der Waals surface area contributed by atoms with Crippen LogP contribution in [-0.2, 0) is 0 Å². The van der Waals surface area contributed by atoms with Crippen molar-refractivity contribution in [2.75, 3.05) is 35.7 Å². The van der Waals surface area contributed by atoms with Crippen molar-refractivity contribution in [2.45, 2.75) is 18.8 Å². The second kappa shape index (κ2) is 9.15. The molecular formula is C24H25N7O2. The van der Waals surface area contributed by atoms with Gasteiger partial charge in [0.2, 0.25) is 5.88 Å². The fraction of sp³-hybridized carbons (Fsp3) is 0.250. The van der Waals surface area contributed by atoms with Gasteiger partial charge in [0.1, 0.15) is 23.5 Å². The van der Waals surface area contributed by atoms with Crippen molar-refractivity contribution in [1.82, 2.24) is 19.9 Å². The van der Waals surface area contributed by atoms with E-state index in [9.17, 15) is 4.79 Å². The van der Waals surface area contributed by atoms with Crippen molar-refractivity contribution in [2.24, 2.45) is 0 Å². The summed E-state index contributed by atoms with van der Waals surface area (Å²) in [5.74, 6) is 1.67. The Morgan fingerprint density at radius 1 is 1.15 bits per heavy atom. The van der Waals surface area contributed by atoms with Crippen LogP contribution in [0.1, 0.15) is 24.3 Å². The van der Waals surface area contributed by atoms with E-state index in [-0.39, 0.29) is 6.03 Å². The first-order chi connectivity index (χ1) is 16.2. The molecule has 5 rings (SSSR count). The number of H-pyrrole nitrogens is 1. The average molecular weight is 444 g/mol. The monoisotopic (exact) mass is 443 g/mol. The number of urea groups is 1. The molecule has 0 bridgehead atoms. The van der Waals surface area contributed by atoms with Crippen LogP contribution in [0.25, 0.3) is 11.0 Å². The summed E-state index contributed by atoms with van der Waals surface area (Å²) in [4.78, 5) is 31.0. The number of carbonyl (C=O) groups excluding carboxylic acids is 1. The van der Waals surface area contributed by atoms with E-state index in [1.807, 2.05) is 30.5 Å². The van der Waals surface area contributed by atoms with Crippen LogP contribution in [0.4, 0.5) is 22.0 Å². The van der Waals surface area contributed by atoms with E-state index < -0.39 is 0 Å². The molecule has 2 amide bonds. The molecule has 168 valence electrons. The number of anilines is 3. The topological polar surface area (TPSA) is 108 Å². The Balaban J connectivity index is 1.29. The van der Waals surface area contributed by atoms with Gasteiger partial charge in [-0.25, -0.2) is 19.7 Å². The van der Waals surface area contributed by atoms with Gasteiger partial charge in [-0.3, -0.25) is 0 Å². The number of hydrogen-bond donors (Lipinski definition) is 3. The lowest BCUT2D eigenvalue weighted by molar-refractivity contribution is 0.262. The predicted octanol–water partition coefficient (Wildman–Crippen LogP) is 4.39. The van der Waals surface area contributed by atoms with Gasteiger partial charge in [0.25, 0.3) is 0 Å². The Kier molecular flexibility index (Phi) is 5.75. The smallest absolute Gasteiger partial charge is 0.323 e. The highest BCUT2D eigenvalue weighted by Gasteiger charge is 2.24. The number of amides is 2. The van der Waals surface area contributed by atoms with E-state index in [0.717, 1.165) is 48.5 Å². The third-order valence-electron chi connectivity index (χ3n) is 5.88. The van der Waals surface area contributed by atoms with Gasteiger partial charge in [-0.15, -0.1) is 0 Å². The van der Waals surface area contributed by atoms with Crippen LogP contribution >= 0.6 is 0 Å². The first-order valence-corrected chi connectivity index (χ1v) is 10.9. The summed E-state index contributed by atoms with van der Waals surface area (Å²) in [6.07, 6.45) is 7.27. The third-order valence-corrected chi connectivity index (χ3v) is 5.88. The van der Waals surface area contributed by atoms with E-state index in [1.165, 1.54) is 12.7 Å². The number of hydrogen-bond acceptors (Lipinski definition) is 6. The molecule has 3 N–H and O–H groups in total. The number of aromatic nitrogens is 4. The minimum atomic E-state index is -0.348. The number of rotatable bonds is 5. The van der Waals surface area contributed by atoms with Crippen molar-refractivity contribution in [1.29, 1.82) is 0 Å². The maximum Gasteiger partial charge on any atom is 0.323 e. The average Bonchev–Trinajstić information content (AvgIpc) is 3.34. The molecule has 1 saturated heterocycles. The summed E-state index contributed by atoms with van der Waals surface area (Å²) in [5, 5.41) is 6.74. The van der Waals surface area contributed by atoms with Gasteiger partial charge in [-0.2, -0.15) is 0 Å². The molecule has 1 aliphatic heterocycles. The van der Waals surface area contributed by atoms with E-state index >= 15 is 0 Å². The number of aromatic amines is 1. The molecule has 9 heteroatoms. The highest BCUT2D eigenvalue weighted by atomic mass is 16.5. The highest BCUT2D eigenvalue weighted by Crippen LogP contribution is 2.32. The highest BCUT2D eigenvalue weighted by molar-refractivity contribution is 6.00. The molecule has 1 atom stereocenters. The van der Waals surface area contributed by atoms with Gasteiger partial charge in [-0.1, -0.05) is 12.1 Å². The van der Waals surface area contributed by atoms with Gasteiger partial charge in [0.05, 0.1) is 12.5 Å². The molecular weight excluding hydrogens is 418 g/mol. The molecule has 1 fully saturated rings. The van der Waals surface area contributed by atoms with E-state index in [0.29, 0.717) is 17.5 Å². The zero-order valence-corrected chi connectivity index (χ0v) is 18.3. The minimum absolute atomic E-state index is 0.339. The first-order valence-electron chi connectivity index (χ1n) is 10.9. The van der Waals surface area contributed by atoms with Gasteiger partial charge in [0.15, 0.2) is 0 Å². The molecule has 1 aliphatic rings. The third kappa shape index (κ3) is 4.43. The lowest BCUT2D eigenvalue weighted by atomic mass is 9.90. The van der Waals surface area contributed by atoms with Crippen molar-refractivity contribution < 1.29 is 9.53 Å². The van der Waals surface area contributed by atoms with Gasteiger partial charge in [-0.05, 0) is 48.7 Å². The maximum atomic E-state index is 12.5. The lowest BCUT2D eigenvalue weighted by Crippen LogP contribution is -2.35. The van der Waals surface area contributed by atoms with Crippen LogP contribution in [-0.4, -0.2) is 46.2 Å². The van der Waals surface area contributed by atoms with Crippen LogP contribution in [0.3, 0.4) is 0 Å². The molecule has 9 nitrogen and oxygen atoms in total. The van der Waals surface area contributed by atoms with Crippen LogP contribution in [0.2, 0.25) is 0 Å².